The van der Waals surface area contributed by atoms with Crippen molar-refractivity contribution in [3.63, 3.8) is 0 Å². The van der Waals surface area contributed by atoms with Crippen molar-refractivity contribution in [3.05, 3.63) is 75.3 Å². The number of rotatable bonds is 4. The predicted molar refractivity (Wildman–Crippen MR) is 120 cm³/mol. The molecule has 7 heteroatoms. The molecule has 2 heterocycles. The molecule has 31 heavy (non-hydrogen) atoms. The summed E-state index contributed by atoms with van der Waals surface area (Å²) in [5, 5.41) is 8.28. The standard InChI is InChI=1S/C24H22Cl2FN3O/c25-21-10-17(14-1-4-18(27)5-2-14)11-22(26)20(21)9-15-7-8-30(24(15)31)19-6-3-16-13-28-29-23(16)12-19/h1-2,4-5,10-11,13,15,19H,3,6-9,12H2,(H,28,29)/t15-,19?/m0/s1. The van der Waals surface area contributed by atoms with Crippen LogP contribution in [0.4, 0.5) is 4.39 Å². The summed E-state index contributed by atoms with van der Waals surface area (Å²) in [5.41, 5.74) is 4.88. The molecule has 1 unspecified atom stereocenters. The van der Waals surface area contributed by atoms with Gasteiger partial charge in [0, 0.05) is 40.7 Å². The van der Waals surface area contributed by atoms with E-state index in [4.69, 9.17) is 23.2 Å². The fourth-order valence-electron chi connectivity index (χ4n) is 4.82. The van der Waals surface area contributed by atoms with Gasteiger partial charge < -0.3 is 4.90 Å². The van der Waals surface area contributed by atoms with Crippen LogP contribution < -0.4 is 0 Å². The lowest BCUT2D eigenvalue weighted by atomic mass is 9.92. The van der Waals surface area contributed by atoms with Crippen LogP contribution in [-0.2, 0) is 24.1 Å². The summed E-state index contributed by atoms with van der Waals surface area (Å²) in [6.07, 6.45) is 5.98. The lowest BCUT2D eigenvalue weighted by molar-refractivity contribution is -0.133. The third kappa shape index (κ3) is 3.97. The van der Waals surface area contributed by atoms with E-state index in [0.717, 1.165) is 54.6 Å². The van der Waals surface area contributed by atoms with Gasteiger partial charge in [-0.15, -0.1) is 0 Å². The highest BCUT2D eigenvalue weighted by Crippen LogP contribution is 2.36. The van der Waals surface area contributed by atoms with Crippen molar-refractivity contribution >= 4 is 29.1 Å². The van der Waals surface area contributed by atoms with Gasteiger partial charge in [-0.25, -0.2) is 4.39 Å². The average Bonchev–Trinajstić information content (AvgIpc) is 3.37. The Balaban J connectivity index is 1.31. The first kappa shape index (κ1) is 20.5. The van der Waals surface area contributed by atoms with E-state index >= 15 is 0 Å². The van der Waals surface area contributed by atoms with Crippen molar-refractivity contribution in [2.75, 3.05) is 6.54 Å². The molecular weight excluding hydrogens is 436 g/mol. The average molecular weight is 458 g/mol. The fraction of sp³-hybridized carbons (Fsp3) is 0.333. The molecule has 1 aromatic heterocycles. The Hall–Kier alpha value is -2.37. The van der Waals surface area contributed by atoms with Crippen molar-refractivity contribution in [1.82, 2.24) is 15.1 Å². The number of carbonyl (C=O) groups is 1. The van der Waals surface area contributed by atoms with Gasteiger partial charge in [-0.1, -0.05) is 35.3 Å². The Labute approximate surface area is 190 Å². The maximum atomic E-state index is 13.2. The molecule has 2 aromatic carbocycles. The van der Waals surface area contributed by atoms with Crippen molar-refractivity contribution in [3.8, 4) is 11.1 Å². The second-order valence-corrected chi connectivity index (χ2v) is 9.23. The maximum Gasteiger partial charge on any atom is 0.226 e. The molecule has 1 amide bonds. The van der Waals surface area contributed by atoms with Gasteiger partial charge >= 0.3 is 0 Å². The zero-order chi connectivity index (χ0) is 21.5. The number of carbonyl (C=O) groups excluding carboxylic acids is 1. The molecule has 0 bridgehead atoms. The van der Waals surface area contributed by atoms with Gasteiger partial charge in [0.2, 0.25) is 5.91 Å². The quantitative estimate of drug-likeness (QED) is 0.564. The molecule has 1 aliphatic carbocycles. The lowest BCUT2D eigenvalue weighted by Crippen LogP contribution is -2.41. The highest BCUT2D eigenvalue weighted by Gasteiger charge is 2.37. The number of halogens is 3. The number of amides is 1. The number of nitrogens with zero attached hydrogens (tertiary/aromatic N) is 2. The van der Waals surface area contributed by atoms with E-state index in [2.05, 4.69) is 10.2 Å². The van der Waals surface area contributed by atoms with E-state index in [1.807, 2.05) is 23.2 Å². The second kappa shape index (κ2) is 8.29. The summed E-state index contributed by atoms with van der Waals surface area (Å²) in [5.74, 6) is -0.221. The summed E-state index contributed by atoms with van der Waals surface area (Å²) in [6, 6.07) is 10.1. The first-order valence-electron chi connectivity index (χ1n) is 10.5. The van der Waals surface area contributed by atoms with E-state index in [9.17, 15) is 9.18 Å². The van der Waals surface area contributed by atoms with Crippen LogP contribution in [-0.4, -0.2) is 33.6 Å². The molecule has 1 fully saturated rings. The number of benzene rings is 2. The summed E-state index contributed by atoms with van der Waals surface area (Å²) in [6.45, 7) is 0.764. The van der Waals surface area contributed by atoms with Gasteiger partial charge in [0.05, 0.1) is 6.20 Å². The Morgan fingerprint density at radius 1 is 1.10 bits per heavy atom. The second-order valence-electron chi connectivity index (χ2n) is 8.42. The molecule has 1 N–H and O–H groups in total. The molecule has 0 radical (unpaired) electrons. The van der Waals surface area contributed by atoms with Gasteiger partial charge in [0.1, 0.15) is 5.82 Å². The maximum absolute atomic E-state index is 13.2. The van der Waals surface area contributed by atoms with Crippen LogP contribution in [0.1, 0.15) is 29.7 Å². The van der Waals surface area contributed by atoms with Gasteiger partial charge in [0.15, 0.2) is 0 Å². The van der Waals surface area contributed by atoms with Crippen LogP contribution in [0.25, 0.3) is 11.1 Å². The van der Waals surface area contributed by atoms with E-state index in [-0.39, 0.29) is 23.7 Å². The molecular formula is C24H22Cl2FN3O. The fourth-order valence-corrected chi connectivity index (χ4v) is 5.47. The van der Waals surface area contributed by atoms with Crippen LogP contribution >= 0.6 is 23.2 Å². The highest BCUT2D eigenvalue weighted by atomic mass is 35.5. The molecule has 2 aliphatic rings. The number of aromatic amines is 1. The van der Waals surface area contributed by atoms with Crippen LogP contribution in [0.3, 0.4) is 0 Å². The minimum Gasteiger partial charge on any atom is -0.339 e. The van der Waals surface area contributed by atoms with Crippen molar-refractivity contribution < 1.29 is 9.18 Å². The normalized spacial score (nSPS) is 20.9. The first-order chi connectivity index (χ1) is 15.0. The first-order valence-corrected chi connectivity index (χ1v) is 11.3. The Kier molecular flexibility index (Phi) is 5.49. The molecule has 2 atom stereocenters. The molecule has 1 aliphatic heterocycles. The molecule has 3 aromatic rings. The summed E-state index contributed by atoms with van der Waals surface area (Å²) < 4.78 is 13.2. The Bertz CT molecular complexity index is 1110. The van der Waals surface area contributed by atoms with Crippen LogP contribution in [0.2, 0.25) is 10.0 Å². The number of H-pyrrole nitrogens is 1. The highest BCUT2D eigenvalue weighted by molar-refractivity contribution is 6.36. The largest absolute Gasteiger partial charge is 0.339 e. The lowest BCUT2D eigenvalue weighted by Gasteiger charge is -2.31. The molecule has 0 spiro atoms. The summed E-state index contributed by atoms with van der Waals surface area (Å²) >= 11 is 13.2. The SMILES string of the molecule is O=C1[C@H](Cc2c(Cl)cc(-c3ccc(F)cc3)cc2Cl)CCN1C1CCc2cn[nH]c2C1. The molecule has 5 rings (SSSR count). The third-order valence-electron chi connectivity index (χ3n) is 6.55. The minimum absolute atomic E-state index is 0.116. The smallest absolute Gasteiger partial charge is 0.226 e. The molecule has 160 valence electrons. The zero-order valence-electron chi connectivity index (χ0n) is 16.9. The number of fused-ring (bicyclic) bond motifs is 1. The van der Waals surface area contributed by atoms with E-state index < -0.39 is 0 Å². The number of hydrogen-bond acceptors (Lipinski definition) is 2. The van der Waals surface area contributed by atoms with Gasteiger partial charge in [-0.2, -0.15) is 5.10 Å². The summed E-state index contributed by atoms with van der Waals surface area (Å²) in [7, 11) is 0. The topological polar surface area (TPSA) is 49.0 Å². The van der Waals surface area contributed by atoms with E-state index in [1.54, 1.807) is 12.1 Å². The zero-order valence-corrected chi connectivity index (χ0v) is 18.4. The molecule has 4 nitrogen and oxygen atoms in total. The third-order valence-corrected chi connectivity index (χ3v) is 7.23. The van der Waals surface area contributed by atoms with Crippen LogP contribution in [0, 0.1) is 11.7 Å². The van der Waals surface area contributed by atoms with E-state index in [0.29, 0.717) is 16.5 Å². The number of likely N-dealkylation sites (tertiary alicyclic amines) is 1. The van der Waals surface area contributed by atoms with Gasteiger partial charge in [-0.05, 0) is 72.2 Å². The van der Waals surface area contributed by atoms with Gasteiger partial charge in [0.25, 0.3) is 0 Å². The van der Waals surface area contributed by atoms with Crippen molar-refractivity contribution in [2.45, 2.75) is 38.1 Å². The van der Waals surface area contributed by atoms with E-state index in [1.165, 1.54) is 17.7 Å². The Morgan fingerprint density at radius 3 is 2.58 bits per heavy atom. The Morgan fingerprint density at radius 2 is 1.84 bits per heavy atom. The van der Waals surface area contributed by atoms with Crippen LogP contribution in [0.5, 0.6) is 0 Å². The monoisotopic (exact) mass is 457 g/mol. The number of aryl methyl sites for hydroxylation is 1. The predicted octanol–water partition coefficient (Wildman–Crippen LogP) is 5.47. The number of aromatic nitrogens is 2. The summed E-state index contributed by atoms with van der Waals surface area (Å²) in [4.78, 5) is 15.2. The van der Waals surface area contributed by atoms with Crippen molar-refractivity contribution in [1.29, 1.82) is 0 Å². The van der Waals surface area contributed by atoms with Gasteiger partial charge in [-0.3, -0.25) is 9.89 Å². The number of hydrogen-bond donors (Lipinski definition) is 1. The minimum atomic E-state index is -0.288. The molecule has 0 saturated carbocycles. The molecule has 1 saturated heterocycles. The number of nitrogens with one attached hydrogen (secondary N) is 1. The van der Waals surface area contributed by atoms with Crippen molar-refractivity contribution in [2.24, 2.45) is 5.92 Å². The van der Waals surface area contributed by atoms with Crippen LogP contribution in [0.15, 0.2) is 42.6 Å².